The van der Waals surface area contributed by atoms with Gasteiger partial charge in [0.05, 0.1) is 6.42 Å². The number of rotatable bonds is 8. The Labute approximate surface area is 172 Å². The Morgan fingerprint density at radius 1 is 1.04 bits per heavy atom. The summed E-state index contributed by atoms with van der Waals surface area (Å²) in [6.45, 7) is 8.02. The maximum Gasteiger partial charge on any atom is 0.242 e. The highest BCUT2D eigenvalue weighted by Crippen LogP contribution is 2.20. The molecule has 0 aromatic heterocycles. The van der Waals surface area contributed by atoms with Crippen LogP contribution in [0, 0.1) is 6.92 Å². The molecular weight excluding hydrogens is 372 g/mol. The summed E-state index contributed by atoms with van der Waals surface area (Å²) < 4.78 is 0. The van der Waals surface area contributed by atoms with E-state index in [-0.39, 0.29) is 24.3 Å². The van der Waals surface area contributed by atoms with Gasteiger partial charge in [0.15, 0.2) is 0 Å². The molecule has 0 saturated carbocycles. The average molecular weight is 401 g/mol. The van der Waals surface area contributed by atoms with Crippen molar-refractivity contribution in [2.45, 2.75) is 59.2 Å². The van der Waals surface area contributed by atoms with Crippen molar-refractivity contribution in [2.75, 3.05) is 0 Å². The molecule has 4 nitrogen and oxygen atoms in total. The first kappa shape index (κ1) is 22.0. The summed E-state index contributed by atoms with van der Waals surface area (Å²) in [6, 6.07) is 14.7. The van der Waals surface area contributed by atoms with Gasteiger partial charge in [-0.15, -0.1) is 0 Å². The molecule has 0 radical (unpaired) electrons. The fourth-order valence-electron chi connectivity index (χ4n) is 2.93. The van der Waals surface area contributed by atoms with Crippen LogP contribution in [0.15, 0.2) is 48.5 Å². The van der Waals surface area contributed by atoms with Crippen molar-refractivity contribution in [3.8, 4) is 0 Å². The molecule has 2 aromatic carbocycles. The molecule has 150 valence electrons. The van der Waals surface area contributed by atoms with E-state index in [9.17, 15) is 9.59 Å². The van der Waals surface area contributed by atoms with Gasteiger partial charge in [-0.3, -0.25) is 9.59 Å². The number of carbonyl (C=O) groups is 2. The van der Waals surface area contributed by atoms with Crippen molar-refractivity contribution in [2.24, 2.45) is 0 Å². The lowest BCUT2D eigenvalue weighted by atomic mass is 10.0. The minimum absolute atomic E-state index is 0.0589. The summed E-state index contributed by atoms with van der Waals surface area (Å²) in [5.41, 5.74) is 2.85. The van der Waals surface area contributed by atoms with E-state index in [1.807, 2.05) is 63.2 Å². The second kappa shape index (κ2) is 10.3. The SMILES string of the molecule is CC[C@@H](C)NC(=O)[C@@H](C)N(Cc1ccccc1Cl)C(=O)Cc1ccccc1C. The molecule has 0 saturated heterocycles. The van der Waals surface area contributed by atoms with Gasteiger partial charge in [0.25, 0.3) is 0 Å². The van der Waals surface area contributed by atoms with E-state index in [0.717, 1.165) is 23.1 Å². The third-order valence-corrected chi connectivity index (χ3v) is 5.44. The third-order valence-electron chi connectivity index (χ3n) is 5.07. The Morgan fingerprint density at radius 2 is 1.64 bits per heavy atom. The monoisotopic (exact) mass is 400 g/mol. The van der Waals surface area contributed by atoms with Crippen LogP contribution in [0.4, 0.5) is 0 Å². The van der Waals surface area contributed by atoms with Crippen LogP contribution in [-0.2, 0) is 22.6 Å². The maximum absolute atomic E-state index is 13.2. The Hall–Kier alpha value is -2.33. The molecule has 5 heteroatoms. The molecule has 2 rings (SSSR count). The number of halogens is 1. The Bertz CT molecular complexity index is 822. The highest BCUT2D eigenvalue weighted by Gasteiger charge is 2.27. The van der Waals surface area contributed by atoms with Crippen molar-refractivity contribution in [3.05, 3.63) is 70.2 Å². The average Bonchev–Trinajstić information content (AvgIpc) is 2.68. The predicted octanol–water partition coefficient (Wildman–Crippen LogP) is 4.52. The van der Waals surface area contributed by atoms with Crippen molar-refractivity contribution in [1.82, 2.24) is 10.2 Å². The number of hydrogen-bond donors (Lipinski definition) is 1. The van der Waals surface area contributed by atoms with E-state index in [1.54, 1.807) is 17.9 Å². The number of nitrogens with one attached hydrogen (secondary N) is 1. The lowest BCUT2D eigenvalue weighted by Gasteiger charge is -2.30. The second-order valence-corrected chi connectivity index (χ2v) is 7.62. The van der Waals surface area contributed by atoms with E-state index < -0.39 is 6.04 Å². The van der Waals surface area contributed by atoms with Crippen LogP contribution in [-0.4, -0.2) is 28.8 Å². The van der Waals surface area contributed by atoms with Gasteiger partial charge in [-0.1, -0.05) is 61.0 Å². The molecule has 0 unspecified atom stereocenters. The van der Waals surface area contributed by atoms with Gasteiger partial charge in [-0.25, -0.2) is 0 Å². The molecule has 0 heterocycles. The van der Waals surface area contributed by atoms with Gasteiger partial charge in [0.1, 0.15) is 6.04 Å². The smallest absolute Gasteiger partial charge is 0.242 e. The fourth-order valence-corrected chi connectivity index (χ4v) is 3.13. The van der Waals surface area contributed by atoms with Crippen molar-refractivity contribution in [3.63, 3.8) is 0 Å². The van der Waals surface area contributed by atoms with Gasteiger partial charge >= 0.3 is 0 Å². The number of carbonyl (C=O) groups excluding carboxylic acids is 2. The number of nitrogens with zero attached hydrogens (tertiary/aromatic N) is 1. The predicted molar refractivity (Wildman–Crippen MR) is 114 cm³/mol. The largest absolute Gasteiger partial charge is 0.352 e. The molecule has 0 fully saturated rings. The molecule has 0 aliphatic rings. The molecule has 0 spiro atoms. The zero-order valence-corrected chi connectivity index (χ0v) is 17.8. The summed E-state index contributed by atoms with van der Waals surface area (Å²) in [4.78, 5) is 27.5. The van der Waals surface area contributed by atoms with E-state index in [4.69, 9.17) is 11.6 Å². The molecule has 2 atom stereocenters. The first-order valence-corrected chi connectivity index (χ1v) is 10.1. The minimum atomic E-state index is -0.596. The Kier molecular flexibility index (Phi) is 8.06. The van der Waals surface area contributed by atoms with Crippen molar-refractivity contribution >= 4 is 23.4 Å². The van der Waals surface area contributed by atoms with Gasteiger partial charge in [0.2, 0.25) is 11.8 Å². The summed E-state index contributed by atoms with van der Waals surface area (Å²) in [5.74, 6) is -0.249. The molecule has 1 N–H and O–H groups in total. The summed E-state index contributed by atoms with van der Waals surface area (Å²) in [6.07, 6.45) is 1.08. The van der Waals surface area contributed by atoms with Crippen molar-refractivity contribution in [1.29, 1.82) is 0 Å². The summed E-state index contributed by atoms with van der Waals surface area (Å²) in [5, 5.41) is 3.56. The second-order valence-electron chi connectivity index (χ2n) is 7.21. The molecule has 28 heavy (non-hydrogen) atoms. The fraction of sp³-hybridized carbons (Fsp3) is 0.391. The van der Waals surface area contributed by atoms with Crippen LogP contribution in [0.3, 0.4) is 0 Å². The maximum atomic E-state index is 13.2. The molecule has 2 amide bonds. The van der Waals surface area contributed by atoms with Gasteiger partial charge < -0.3 is 10.2 Å². The quantitative estimate of drug-likeness (QED) is 0.708. The van der Waals surface area contributed by atoms with Crippen LogP contribution < -0.4 is 5.32 Å². The Morgan fingerprint density at radius 3 is 2.25 bits per heavy atom. The van der Waals surface area contributed by atoms with Crippen LogP contribution in [0.1, 0.15) is 43.9 Å². The standard InChI is InChI=1S/C23H29ClN2O2/c1-5-17(3)25-23(28)18(4)26(15-20-12-8-9-13-21(20)24)22(27)14-19-11-7-6-10-16(19)2/h6-13,17-18H,5,14-15H2,1-4H3,(H,25,28)/t17-,18-/m1/s1. The zero-order chi connectivity index (χ0) is 20.7. The number of aryl methyl sites for hydroxylation is 1. The summed E-state index contributed by atoms with van der Waals surface area (Å²) >= 11 is 6.31. The molecule has 2 aromatic rings. The normalized spacial score (nSPS) is 12.9. The first-order valence-electron chi connectivity index (χ1n) is 9.71. The zero-order valence-electron chi connectivity index (χ0n) is 17.0. The number of hydrogen-bond acceptors (Lipinski definition) is 2. The lowest BCUT2D eigenvalue weighted by Crippen LogP contribution is -2.50. The van der Waals surface area contributed by atoms with Crippen LogP contribution in [0.5, 0.6) is 0 Å². The lowest BCUT2D eigenvalue weighted by molar-refractivity contribution is -0.140. The summed E-state index contributed by atoms with van der Waals surface area (Å²) in [7, 11) is 0. The van der Waals surface area contributed by atoms with Crippen molar-refractivity contribution < 1.29 is 9.59 Å². The third kappa shape index (κ3) is 5.83. The van der Waals surface area contributed by atoms with Crippen LogP contribution in [0.2, 0.25) is 5.02 Å². The van der Waals surface area contributed by atoms with Gasteiger partial charge in [0, 0.05) is 17.6 Å². The number of amides is 2. The minimum Gasteiger partial charge on any atom is -0.352 e. The topological polar surface area (TPSA) is 49.4 Å². The van der Waals surface area contributed by atoms with Crippen LogP contribution in [0.25, 0.3) is 0 Å². The molecule has 0 bridgehead atoms. The molecule has 0 aliphatic heterocycles. The highest BCUT2D eigenvalue weighted by molar-refractivity contribution is 6.31. The van der Waals surface area contributed by atoms with E-state index >= 15 is 0 Å². The van der Waals surface area contributed by atoms with E-state index in [2.05, 4.69) is 5.32 Å². The van der Waals surface area contributed by atoms with E-state index in [0.29, 0.717) is 11.6 Å². The number of benzene rings is 2. The highest BCUT2D eigenvalue weighted by atomic mass is 35.5. The molecular formula is C23H29ClN2O2. The van der Waals surface area contributed by atoms with Crippen LogP contribution >= 0.6 is 11.6 Å². The van der Waals surface area contributed by atoms with Gasteiger partial charge in [-0.2, -0.15) is 0 Å². The Balaban J connectivity index is 2.26. The van der Waals surface area contributed by atoms with Gasteiger partial charge in [-0.05, 0) is 49.9 Å². The van der Waals surface area contributed by atoms with E-state index in [1.165, 1.54) is 0 Å². The first-order chi connectivity index (χ1) is 13.3. The molecule has 0 aliphatic carbocycles.